The first-order chi connectivity index (χ1) is 13.8. The first-order valence-corrected chi connectivity index (χ1v) is 13.0. The Morgan fingerprint density at radius 2 is 1.04 bits per heavy atom. The summed E-state index contributed by atoms with van der Waals surface area (Å²) >= 11 is 0. The van der Waals surface area contributed by atoms with E-state index in [2.05, 4.69) is 18.7 Å². The van der Waals surface area contributed by atoms with Gasteiger partial charge >= 0.3 is 0 Å². The van der Waals surface area contributed by atoms with Crippen molar-refractivity contribution in [1.82, 2.24) is 4.90 Å². The van der Waals surface area contributed by atoms with Crippen LogP contribution in [-0.4, -0.2) is 37.7 Å². The molecule has 0 aromatic carbocycles. The summed E-state index contributed by atoms with van der Waals surface area (Å²) in [7, 11) is 1.89. The minimum atomic E-state index is 0.538. The second-order valence-electron chi connectivity index (χ2n) is 9.42. The average molecular weight is 396 g/mol. The van der Waals surface area contributed by atoms with Crippen molar-refractivity contribution in [2.45, 2.75) is 136 Å². The fourth-order valence-corrected chi connectivity index (χ4v) is 4.79. The van der Waals surface area contributed by atoms with Gasteiger partial charge in [-0.25, -0.2) is 0 Å². The number of unbranched alkanes of at least 4 members (excludes halogenated alkanes) is 12. The van der Waals surface area contributed by atoms with Crippen molar-refractivity contribution in [3.05, 3.63) is 0 Å². The number of methoxy groups -OCH3 is 1. The van der Waals surface area contributed by atoms with Crippen LogP contribution < -0.4 is 0 Å². The first-order valence-electron chi connectivity index (χ1n) is 13.0. The van der Waals surface area contributed by atoms with Crippen LogP contribution in [0.2, 0.25) is 0 Å². The van der Waals surface area contributed by atoms with Crippen LogP contribution in [0.3, 0.4) is 0 Å². The summed E-state index contributed by atoms with van der Waals surface area (Å²) in [5, 5.41) is 0. The molecule has 0 bridgehead atoms. The normalized spacial score (nSPS) is 20.1. The third-order valence-electron chi connectivity index (χ3n) is 6.80. The smallest absolute Gasteiger partial charge is 0.0571 e. The maximum atomic E-state index is 5.57. The van der Waals surface area contributed by atoms with Gasteiger partial charge in [0.1, 0.15) is 0 Å². The molecule has 2 nitrogen and oxygen atoms in total. The lowest BCUT2D eigenvalue weighted by molar-refractivity contribution is 0.0493. The molecule has 0 aromatic heterocycles. The molecule has 1 fully saturated rings. The van der Waals surface area contributed by atoms with Gasteiger partial charge < -0.3 is 9.64 Å². The number of nitrogens with zero attached hydrogens (tertiary/aromatic N) is 1. The predicted molar refractivity (Wildman–Crippen MR) is 125 cm³/mol. The molecule has 0 heterocycles. The Labute approximate surface area is 178 Å². The third-order valence-corrected chi connectivity index (χ3v) is 6.80. The van der Waals surface area contributed by atoms with Crippen LogP contribution in [0.1, 0.15) is 129 Å². The molecular weight excluding hydrogens is 342 g/mol. The molecule has 0 aliphatic heterocycles. The minimum Gasteiger partial charge on any atom is -0.381 e. The standard InChI is InChI=1S/C26H53NO/c1-4-6-8-10-12-14-16-22-27(23-17-15-13-11-9-7-5-2)24-25-18-20-26(28-3)21-19-25/h25-26H,4-24H2,1-3H3. The van der Waals surface area contributed by atoms with Gasteiger partial charge in [0.15, 0.2) is 0 Å². The molecule has 1 saturated carbocycles. The fraction of sp³-hybridized carbons (Fsp3) is 1.00. The van der Waals surface area contributed by atoms with E-state index < -0.39 is 0 Å². The van der Waals surface area contributed by atoms with Gasteiger partial charge in [0.2, 0.25) is 0 Å². The maximum Gasteiger partial charge on any atom is 0.0571 e. The summed E-state index contributed by atoms with van der Waals surface area (Å²) in [6.07, 6.45) is 25.8. The van der Waals surface area contributed by atoms with Gasteiger partial charge in [0.05, 0.1) is 6.10 Å². The van der Waals surface area contributed by atoms with E-state index in [1.165, 1.54) is 135 Å². The molecule has 28 heavy (non-hydrogen) atoms. The zero-order valence-corrected chi connectivity index (χ0v) is 19.9. The fourth-order valence-electron chi connectivity index (χ4n) is 4.79. The Morgan fingerprint density at radius 1 is 0.607 bits per heavy atom. The van der Waals surface area contributed by atoms with Crippen LogP contribution in [0.5, 0.6) is 0 Å². The van der Waals surface area contributed by atoms with E-state index in [0.29, 0.717) is 6.10 Å². The SMILES string of the molecule is CCCCCCCCCN(CCCCCCCCC)CC1CCC(OC)CC1. The molecule has 0 radical (unpaired) electrons. The summed E-state index contributed by atoms with van der Waals surface area (Å²) in [5.74, 6) is 0.917. The summed E-state index contributed by atoms with van der Waals surface area (Å²) < 4.78 is 5.57. The highest BCUT2D eigenvalue weighted by molar-refractivity contribution is 4.75. The second-order valence-corrected chi connectivity index (χ2v) is 9.42. The van der Waals surface area contributed by atoms with Crippen LogP contribution >= 0.6 is 0 Å². The molecule has 0 unspecified atom stereocenters. The molecule has 168 valence electrons. The minimum absolute atomic E-state index is 0.538. The molecule has 0 spiro atoms. The van der Waals surface area contributed by atoms with Crippen molar-refractivity contribution >= 4 is 0 Å². The van der Waals surface area contributed by atoms with Crippen molar-refractivity contribution in [3.63, 3.8) is 0 Å². The molecule has 0 amide bonds. The highest BCUT2D eigenvalue weighted by Crippen LogP contribution is 2.27. The highest BCUT2D eigenvalue weighted by atomic mass is 16.5. The van der Waals surface area contributed by atoms with E-state index in [-0.39, 0.29) is 0 Å². The summed E-state index contributed by atoms with van der Waals surface area (Å²) in [6, 6.07) is 0. The van der Waals surface area contributed by atoms with Gasteiger partial charge in [-0.05, 0) is 57.5 Å². The number of hydrogen-bond donors (Lipinski definition) is 0. The zero-order valence-electron chi connectivity index (χ0n) is 19.9. The Balaban J connectivity index is 2.21. The Morgan fingerprint density at radius 3 is 1.46 bits per heavy atom. The lowest BCUT2D eigenvalue weighted by Crippen LogP contribution is -2.34. The molecule has 1 aliphatic carbocycles. The molecular formula is C26H53NO. The third kappa shape index (κ3) is 14.0. The van der Waals surface area contributed by atoms with Gasteiger partial charge in [0, 0.05) is 13.7 Å². The van der Waals surface area contributed by atoms with Gasteiger partial charge in [0.25, 0.3) is 0 Å². The van der Waals surface area contributed by atoms with Crippen LogP contribution in [0.4, 0.5) is 0 Å². The van der Waals surface area contributed by atoms with E-state index >= 15 is 0 Å². The van der Waals surface area contributed by atoms with Crippen LogP contribution in [0, 0.1) is 5.92 Å². The first kappa shape index (κ1) is 26.0. The Kier molecular flexibility index (Phi) is 17.5. The van der Waals surface area contributed by atoms with Gasteiger partial charge in [-0.3, -0.25) is 0 Å². The van der Waals surface area contributed by atoms with Crippen molar-refractivity contribution in [2.75, 3.05) is 26.7 Å². The van der Waals surface area contributed by atoms with E-state index in [9.17, 15) is 0 Å². The van der Waals surface area contributed by atoms with E-state index in [0.717, 1.165) is 5.92 Å². The van der Waals surface area contributed by atoms with Gasteiger partial charge in [-0.15, -0.1) is 0 Å². The number of hydrogen-bond acceptors (Lipinski definition) is 2. The average Bonchev–Trinajstić information content (AvgIpc) is 2.72. The molecule has 0 aromatic rings. The number of rotatable bonds is 19. The van der Waals surface area contributed by atoms with Crippen molar-refractivity contribution in [1.29, 1.82) is 0 Å². The quantitative estimate of drug-likeness (QED) is 0.205. The van der Waals surface area contributed by atoms with E-state index in [1.54, 1.807) is 0 Å². The Hall–Kier alpha value is -0.0800. The van der Waals surface area contributed by atoms with Gasteiger partial charge in [-0.2, -0.15) is 0 Å². The molecule has 0 atom stereocenters. The molecule has 0 N–H and O–H groups in total. The van der Waals surface area contributed by atoms with Crippen LogP contribution in [-0.2, 0) is 4.74 Å². The summed E-state index contributed by atoms with van der Waals surface area (Å²) in [5.41, 5.74) is 0. The van der Waals surface area contributed by atoms with Crippen LogP contribution in [0.25, 0.3) is 0 Å². The lowest BCUT2D eigenvalue weighted by atomic mass is 9.87. The maximum absolute atomic E-state index is 5.57. The van der Waals surface area contributed by atoms with Crippen molar-refractivity contribution in [3.8, 4) is 0 Å². The monoisotopic (exact) mass is 395 g/mol. The zero-order chi connectivity index (χ0) is 20.3. The second kappa shape index (κ2) is 18.9. The molecule has 2 heteroatoms. The van der Waals surface area contributed by atoms with Crippen LogP contribution in [0.15, 0.2) is 0 Å². The lowest BCUT2D eigenvalue weighted by Gasteiger charge is -2.32. The summed E-state index contributed by atoms with van der Waals surface area (Å²) in [4.78, 5) is 2.83. The van der Waals surface area contributed by atoms with E-state index in [1.807, 2.05) is 7.11 Å². The Bertz CT molecular complexity index is 294. The molecule has 1 aliphatic rings. The van der Waals surface area contributed by atoms with Gasteiger partial charge in [-0.1, -0.05) is 90.9 Å². The highest BCUT2D eigenvalue weighted by Gasteiger charge is 2.22. The topological polar surface area (TPSA) is 12.5 Å². The predicted octanol–water partition coefficient (Wildman–Crippen LogP) is 7.99. The summed E-state index contributed by atoms with van der Waals surface area (Å²) in [6.45, 7) is 8.65. The molecule has 1 rings (SSSR count). The van der Waals surface area contributed by atoms with Crippen molar-refractivity contribution in [2.24, 2.45) is 5.92 Å². The molecule has 0 saturated heterocycles. The van der Waals surface area contributed by atoms with Crippen molar-refractivity contribution < 1.29 is 4.74 Å². The number of ether oxygens (including phenoxy) is 1. The largest absolute Gasteiger partial charge is 0.381 e. The van der Waals surface area contributed by atoms with E-state index in [4.69, 9.17) is 4.74 Å².